The Kier molecular flexibility index (Phi) is 60.5. The van der Waals surface area contributed by atoms with E-state index in [1.165, 1.54) is 257 Å². The van der Waals surface area contributed by atoms with Crippen molar-refractivity contribution in [1.82, 2.24) is 5.32 Å². The van der Waals surface area contributed by atoms with Crippen molar-refractivity contribution in [1.29, 1.82) is 0 Å². The number of hydrogen-bond donors (Lipinski definition) is 3. The second-order valence-corrected chi connectivity index (χ2v) is 22.5. The first-order chi connectivity index (χ1) is 35.5. The van der Waals surface area contributed by atoms with Crippen LogP contribution in [0, 0.1) is 0 Å². The third kappa shape index (κ3) is 57.6. The molecule has 0 saturated carbocycles. The number of esters is 1. The first-order valence-corrected chi connectivity index (χ1v) is 32.6. The molecular formula is C66H127NO5. The minimum atomic E-state index is -0.671. The highest BCUT2D eigenvalue weighted by molar-refractivity contribution is 5.76. The Morgan fingerprint density at radius 2 is 0.681 bits per heavy atom. The number of carbonyl (C=O) groups is 2. The van der Waals surface area contributed by atoms with E-state index in [9.17, 15) is 19.8 Å². The highest BCUT2D eigenvalue weighted by atomic mass is 16.5. The fourth-order valence-corrected chi connectivity index (χ4v) is 10.3. The average molecular weight is 1010 g/mol. The topological polar surface area (TPSA) is 95.9 Å². The molecule has 0 heterocycles. The largest absolute Gasteiger partial charge is 0.466 e. The summed E-state index contributed by atoms with van der Waals surface area (Å²) < 4.78 is 5.48. The van der Waals surface area contributed by atoms with Gasteiger partial charge in [0.1, 0.15) is 0 Å². The van der Waals surface area contributed by atoms with Crippen LogP contribution in [0.5, 0.6) is 0 Å². The maximum atomic E-state index is 12.5. The molecule has 0 aliphatic rings. The summed E-state index contributed by atoms with van der Waals surface area (Å²) in [5, 5.41) is 23.3. The number of allylic oxidation sites excluding steroid dienone is 4. The number of nitrogens with one attached hydrogen (secondary N) is 1. The lowest BCUT2D eigenvalue weighted by Gasteiger charge is -2.22. The first-order valence-electron chi connectivity index (χ1n) is 32.6. The molecule has 0 fully saturated rings. The summed E-state index contributed by atoms with van der Waals surface area (Å²) in [6, 6.07) is -0.549. The first kappa shape index (κ1) is 70.3. The molecule has 0 aliphatic heterocycles. The molecular weight excluding hydrogens is 887 g/mol. The average Bonchev–Trinajstić information content (AvgIpc) is 3.38. The Hall–Kier alpha value is -1.66. The highest BCUT2D eigenvalue weighted by Gasteiger charge is 2.20. The summed E-state index contributed by atoms with van der Waals surface area (Å²) in [5.41, 5.74) is 0. The van der Waals surface area contributed by atoms with Gasteiger partial charge in [-0.25, -0.2) is 0 Å². The van der Waals surface area contributed by atoms with Gasteiger partial charge in [0, 0.05) is 12.8 Å². The summed E-state index contributed by atoms with van der Waals surface area (Å²) in [7, 11) is 0. The molecule has 72 heavy (non-hydrogen) atoms. The van der Waals surface area contributed by atoms with E-state index in [1.807, 2.05) is 0 Å². The van der Waals surface area contributed by atoms with E-state index in [0.29, 0.717) is 25.9 Å². The summed E-state index contributed by atoms with van der Waals surface area (Å²) in [6.45, 7) is 4.95. The van der Waals surface area contributed by atoms with Gasteiger partial charge in [-0.15, -0.1) is 0 Å². The third-order valence-corrected chi connectivity index (χ3v) is 15.3. The Morgan fingerprint density at radius 1 is 0.389 bits per heavy atom. The van der Waals surface area contributed by atoms with Crippen LogP contribution in [-0.4, -0.2) is 47.4 Å². The Bertz CT molecular complexity index is 1120. The molecule has 2 atom stereocenters. The lowest BCUT2D eigenvalue weighted by atomic mass is 10.0. The van der Waals surface area contributed by atoms with Gasteiger partial charge >= 0.3 is 5.97 Å². The van der Waals surface area contributed by atoms with Crippen molar-refractivity contribution in [3.05, 3.63) is 24.3 Å². The Labute approximate surface area is 450 Å². The summed E-state index contributed by atoms with van der Waals surface area (Å²) >= 11 is 0. The second-order valence-electron chi connectivity index (χ2n) is 22.5. The number of carbonyl (C=O) groups excluding carboxylic acids is 2. The van der Waals surface area contributed by atoms with Crippen molar-refractivity contribution in [2.24, 2.45) is 0 Å². The standard InChI is InChI=1S/C66H127NO5/c1-3-5-7-9-11-13-15-17-19-21-23-28-32-36-40-44-48-52-56-60-66(71)72-61-57-53-49-45-41-37-33-29-25-22-24-27-31-35-39-43-47-51-55-59-65(70)67-63(62-68)64(69)58-54-50-46-42-38-34-30-26-20-18-16-14-12-10-8-6-4-2/h29,33,37,41,63-64,68-69H,3-28,30-32,34-36,38-40,42-62H2,1-2H3,(H,67,70)/b33-29-,41-37-. The number of amides is 1. The van der Waals surface area contributed by atoms with Crippen LogP contribution >= 0.6 is 0 Å². The van der Waals surface area contributed by atoms with Gasteiger partial charge in [-0.1, -0.05) is 314 Å². The van der Waals surface area contributed by atoms with Crippen molar-refractivity contribution in [3.8, 4) is 0 Å². The van der Waals surface area contributed by atoms with Gasteiger partial charge in [0.2, 0.25) is 5.91 Å². The second kappa shape index (κ2) is 61.9. The van der Waals surface area contributed by atoms with Crippen molar-refractivity contribution in [2.75, 3.05) is 13.2 Å². The monoisotopic (exact) mass is 1010 g/mol. The van der Waals surface area contributed by atoms with Gasteiger partial charge in [0.15, 0.2) is 0 Å². The van der Waals surface area contributed by atoms with E-state index in [-0.39, 0.29) is 18.5 Å². The molecule has 0 rings (SSSR count). The molecule has 1 amide bonds. The fraction of sp³-hybridized carbons (Fsp3) is 0.909. The van der Waals surface area contributed by atoms with Gasteiger partial charge in [-0.3, -0.25) is 9.59 Å². The van der Waals surface area contributed by atoms with E-state index in [2.05, 4.69) is 43.5 Å². The molecule has 3 N–H and O–H groups in total. The van der Waals surface area contributed by atoms with Crippen LogP contribution in [0.1, 0.15) is 361 Å². The molecule has 6 nitrogen and oxygen atoms in total. The van der Waals surface area contributed by atoms with Gasteiger partial charge in [-0.2, -0.15) is 0 Å². The van der Waals surface area contributed by atoms with Crippen LogP contribution in [0.15, 0.2) is 24.3 Å². The highest BCUT2D eigenvalue weighted by Crippen LogP contribution is 2.18. The van der Waals surface area contributed by atoms with E-state index in [0.717, 1.165) is 70.6 Å². The maximum Gasteiger partial charge on any atom is 0.305 e. The van der Waals surface area contributed by atoms with E-state index < -0.39 is 12.1 Å². The minimum Gasteiger partial charge on any atom is -0.466 e. The molecule has 0 bridgehead atoms. The quantitative estimate of drug-likeness (QED) is 0.0320. The van der Waals surface area contributed by atoms with Crippen LogP contribution in [0.2, 0.25) is 0 Å². The van der Waals surface area contributed by atoms with Crippen molar-refractivity contribution in [2.45, 2.75) is 373 Å². The molecule has 0 aromatic carbocycles. The molecule has 6 heteroatoms. The van der Waals surface area contributed by atoms with Crippen LogP contribution in [0.3, 0.4) is 0 Å². The maximum absolute atomic E-state index is 12.5. The Balaban J connectivity index is 3.44. The van der Waals surface area contributed by atoms with Crippen molar-refractivity contribution < 1.29 is 24.5 Å². The van der Waals surface area contributed by atoms with Gasteiger partial charge < -0.3 is 20.3 Å². The number of rotatable bonds is 61. The van der Waals surface area contributed by atoms with Gasteiger partial charge in [-0.05, 0) is 57.8 Å². The van der Waals surface area contributed by atoms with Crippen molar-refractivity contribution in [3.63, 3.8) is 0 Å². The molecule has 0 aliphatic carbocycles. The molecule has 426 valence electrons. The summed E-state index contributed by atoms with van der Waals surface area (Å²) in [4.78, 5) is 24.6. The van der Waals surface area contributed by atoms with Crippen molar-refractivity contribution >= 4 is 11.9 Å². The van der Waals surface area contributed by atoms with Crippen LogP contribution in [0.4, 0.5) is 0 Å². The van der Waals surface area contributed by atoms with Crippen LogP contribution in [-0.2, 0) is 14.3 Å². The zero-order valence-electron chi connectivity index (χ0n) is 48.7. The smallest absolute Gasteiger partial charge is 0.305 e. The van der Waals surface area contributed by atoms with Crippen LogP contribution in [0.25, 0.3) is 0 Å². The summed E-state index contributed by atoms with van der Waals surface area (Å²) in [6.07, 6.45) is 76.2. The lowest BCUT2D eigenvalue weighted by Crippen LogP contribution is -2.45. The lowest BCUT2D eigenvalue weighted by molar-refractivity contribution is -0.143. The number of aliphatic hydroxyl groups excluding tert-OH is 2. The summed E-state index contributed by atoms with van der Waals surface area (Å²) in [5.74, 6) is -0.0498. The minimum absolute atomic E-state index is 0.00784. The number of hydrogen-bond acceptors (Lipinski definition) is 5. The van der Waals surface area contributed by atoms with Gasteiger partial charge in [0.25, 0.3) is 0 Å². The molecule has 0 aromatic heterocycles. The molecule has 0 radical (unpaired) electrons. The zero-order valence-corrected chi connectivity index (χ0v) is 48.7. The normalized spacial score (nSPS) is 12.7. The van der Waals surface area contributed by atoms with E-state index >= 15 is 0 Å². The molecule has 2 unspecified atom stereocenters. The fourth-order valence-electron chi connectivity index (χ4n) is 10.3. The predicted octanol–water partition coefficient (Wildman–Crippen LogP) is 20.6. The molecule has 0 aromatic rings. The number of ether oxygens (including phenoxy) is 1. The van der Waals surface area contributed by atoms with E-state index in [4.69, 9.17) is 4.74 Å². The third-order valence-electron chi connectivity index (χ3n) is 15.3. The van der Waals surface area contributed by atoms with E-state index in [1.54, 1.807) is 0 Å². The number of unbranched alkanes of at least 4 members (excludes halogenated alkanes) is 47. The number of aliphatic hydroxyl groups is 2. The van der Waals surface area contributed by atoms with Gasteiger partial charge in [0.05, 0.1) is 25.4 Å². The SMILES string of the molecule is CCCCCCCCCCCCCCCCCCCCCC(=O)OCCCCC/C=C\C=C/CCCCCCCCCCCCC(=O)NC(CO)C(O)CCCCCCCCCCCCCCCCCCC. The molecule has 0 spiro atoms. The van der Waals surface area contributed by atoms with Crippen LogP contribution < -0.4 is 5.32 Å². The zero-order chi connectivity index (χ0) is 52.2. The Morgan fingerprint density at radius 3 is 1.03 bits per heavy atom. The predicted molar refractivity (Wildman–Crippen MR) is 315 cm³/mol. The molecule has 0 saturated heterocycles.